The summed E-state index contributed by atoms with van der Waals surface area (Å²) in [6, 6.07) is 18.4. The molecule has 0 bridgehead atoms. The van der Waals surface area contributed by atoms with Gasteiger partial charge in [-0.15, -0.1) is 0 Å². The monoisotopic (exact) mass is 302 g/mol. The number of rotatable bonds is 1. The van der Waals surface area contributed by atoms with Crippen LogP contribution in [0.3, 0.4) is 0 Å². The number of hydrogen-bond acceptors (Lipinski definition) is 2. The predicted octanol–water partition coefficient (Wildman–Crippen LogP) is 4.89. The van der Waals surface area contributed by atoms with Crippen LogP contribution in [-0.2, 0) is 10.3 Å². The zero-order valence-corrected chi connectivity index (χ0v) is 13.5. The number of fused-ring (bicyclic) bond motifs is 2. The molecule has 0 fully saturated rings. The molecule has 1 atom stereocenters. The van der Waals surface area contributed by atoms with E-state index in [4.69, 9.17) is 4.74 Å². The average molecular weight is 302 g/mol. The van der Waals surface area contributed by atoms with E-state index in [0.717, 1.165) is 22.1 Å². The average Bonchev–Trinajstić information content (AvgIpc) is 2.80. The van der Waals surface area contributed by atoms with Gasteiger partial charge in [-0.25, -0.2) is 4.79 Å². The van der Waals surface area contributed by atoms with Crippen LogP contribution in [0.2, 0.25) is 0 Å². The summed E-state index contributed by atoms with van der Waals surface area (Å²) >= 11 is 0. The number of esters is 1. The molecule has 1 heterocycles. The van der Waals surface area contributed by atoms with Crippen LogP contribution < -0.4 is 0 Å². The molecule has 23 heavy (non-hydrogen) atoms. The zero-order valence-electron chi connectivity index (χ0n) is 13.5. The largest absolute Gasteiger partial charge is 0.446 e. The number of aryl methyl sites for hydroxylation is 2. The van der Waals surface area contributed by atoms with Gasteiger partial charge >= 0.3 is 5.97 Å². The van der Waals surface area contributed by atoms with E-state index in [0.29, 0.717) is 5.56 Å². The molecule has 1 unspecified atom stereocenters. The van der Waals surface area contributed by atoms with Crippen LogP contribution in [0.25, 0.3) is 10.8 Å². The van der Waals surface area contributed by atoms with Crippen molar-refractivity contribution in [3.8, 4) is 0 Å². The Morgan fingerprint density at radius 3 is 2.48 bits per heavy atom. The lowest BCUT2D eigenvalue weighted by atomic mass is 9.83. The molecule has 1 aliphatic rings. The molecule has 1 aliphatic heterocycles. The van der Waals surface area contributed by atoms with Gasteiger partial charge in [0.05, 0.1) is 5.56 Å². The van der Waals surface area contributed by atoms with Gasteiger partial charge in [0.2, 0.25) is 0 Å². The maximum atomic E-state index is 12.3. The SMILES string of the molecule is Cc1cc(C2(C)OC(=O)c3ccccc32)c2cc(C)ccc2c1. The van der Waals surface area contributed by atoms with Gasteiger partial charge in [-0.3, -0.25) is 0 Å². The van der Waals surface area contributed by atoms with Crippen molar-refractivity contribution in [3.05, 3.63) is 82.4 Å². The van der Waals surface area contributed by atoms with Gasteiger partial charge in [-0.2, -0.15) is 0 Å². The van der Waals surface area contributed by atoms with Gasteiger partial charge in [0.1, 0.15) is 0 Å². The fourth-order valence-corrected chi connectivity index (χ4v) is 3.59. The summed E-state index contributed by atoms with van der Waals surface area (Å²) in [4.78, 5) is 12.3. The third-order valence-corrected chi connectivity index (χ3v) is 4.73. The Balaban J connectivity index is 2.07. The van der Waals surface area contributed by atoms with Crippen molar-refractivity contribution in [1.82, 2.24) is 0 Å². The zero-order chi connectivity index (χ0) is 16.2. The smallest absolute Gasteiger partial charge is 0.339 e. The molecule has 0 spiro atoms. The molecular weight excluding hydrogens is 284 g/mol. The van der Waals surface area contributed by atoms with Crippen molar-refractivity contribution in [1.29, 1.82) is 0 Å². The third-order valence-electron chi connectivity index (χ3n) is 4.73. The lowest BCUT2D eigenvalue weighted by molar-refractivity contribution is 0.0185. The second kappa shape index (κ2) is 4.69. The summed E-state index contributed by atoms with van der Waals surface area (Å²) < 4.78 is 5.87. The van der Waals surface area contributed by atoms with E-state index in [-0.39, 0.29) is 5.97 Å². The van der Waals surface area contributed by atoms with Crippen molar-refractivity contribution in [2.75, 3.05) is 0 Å². The molecule has 0 aliphatic carbocycles. The second-order valence-electron chi connectivity index (χ2n) is 6.51. The molecular formula is C21H18O2. The van der Waals surface area contributed by atoms with E-state index < -0.39 is 5.60 Å². The molecule has 0 radical (unpaired) electrons. The first-order valence-corrected chi connectivity index (χ1v) is 7.83. The van der Waals surface area contributed by atoms with E-state index in [1.54, 1.807) is 0 Å². The fraction of sp³-hybridized carbons (Fsp3) is 0.190. The first-order chi connectivity index (χ1) is 11.0. The number of hydrogen-bond donors (Lipinski definition) is 0. The molecule has 0 saturated carbocycles. The van der Waals surface area contributed by atoms with Crippen molar-refractivity contribution in [3.63, 3.8) is 0 Å². The van der Waals surface area contributed by atoms with Crippen LogP contribution in [0.1, 0.15) is 39.5 Å². The van der Waals surface area contributed by atoms with Crippen LogP contribution in [0.15, 0.2) is 54.6 Å². The molecule has 3 aromatic rings. The van der Waals surface area contributed by atoms with E-state index in [1.165, 1.54) is 10.9 Å². The molecule has 0 saturated heterocycles. The van der Waals surface area contributed by atoms with E-state index in [1.807, 2.05) is 31.2 Å². The minimum absolute atomic E-state index is 0.245. The maximum absolute atomic E-state index is 12.3. The number of carbonyl (C=O) groups is 1. The summed E-state index contributed by atoms with van der Waals surface area (Å²) in [5.74, 6) is -0.245. The quantitative estimate of drug-likeness (QED) is 0.598. The van der Waals surface area contributed by atoms with Crippen LogP contribution in [0, 0.1) is 13.8 Å². The van der Waals surface area contributed by atoms with E-state index in [2.05, 4.69) is 44.2 Å². The minimum atomic E-state index is -0.744. The van der Waals surface area contributed by atoms with Crippen molar-refractivity contribution >= 4 is 16.7 Å². The first-order valence-electron chi connectivity index (χ1n) is 7.83. The molecule has 2 heteroatoms. The van der Waals surface area contributed by atoms with Crippen molar-refractivity contribution < 1.29 is 9.53 Å². The molecule has 0 aromatic heterocycles. The number of carbonyl (C=O) groups excluding carboxylic acids is 1. The highest BCUT2D eigenvalue weighted by molar-refractivity contribution is 5.97. The number of cyclic esters (lactones) is 1. The Morgan fingerprint density at radius 2 is 1.65 bits per heavy atom. The Morgan fingerprint density at radius 1 is 0.870 bits per heavy atom. The highest BCUT2D eigenvalue weighted by Crippen LogP contribution is 2.44. The fourth-order valence-electron chi connectivity index (χ4n) is 3.59. The van der Waals surface area contributed by atoms with Gasteiger partial charge in [-0.1, -0.05) is 59.7 Å². The number of ether oxygens (including phenoxy) is 1. The lowest BCUT2D eigenvalue weighted by Gasteiger charge is -2.27. The Bertz CT molecular complexity index is 955. The predicted molar refractivity (Wildman–Crippen MR) is 91.7 cm³/mol. The molecule has 4 rings (SSSR count). The highest BCUT2D eigenvalue weighted by Gasteiger charge is 2.43. The maximum Gasteiger partial charge on any atom is 0.339 e. The number of benzene rings is 3. The van der Waals surface area contributed by atoms with Gasteiger partial charge in [0.15, 0.2) is 5.60 Å². The normalized spacial score (nSPS) is 19.7. The minimum Gasteiger partial charge on any atom is -0.446 e. The van der Waals surface area contributed by atoms with Crippen LogP contribution >= 0.6 is 0 Å². The molecule has 3 aromatic carbocycles. The Kier molecular flexibility index (Phi) is 2.86. The molecule has 2 nitrogen and oxygen atoms in total. The summed E-state index contributed by atoms with van der Waals surface area (Å²) in [6.07, 6.45) is 0. The standard InChI is InChI=1S/C21H18O2/c1-13-8-9-15-10-14(2)12-19(17(15)11-13)21(3)18-7-5-4-6-16(18)20(22)23-21/h4-12H,1-3H3. The molecule has 0 N–H and O–H groups in total. The van der Waals surface area contributed by atoms with Crippen molar-refractivity contribution in [2.24, 2.45) is 0 Å². The van der Waals surface area contributed by atoms with Gasteiger partial charge in [0.25, 0.3) is 0 Å². The second-order valence-corrected chi connectivity index (χ2v) is 6.51. The first kappa shape index (κ1) is 14.0. The summed E-state index contributed by atoms with van der Waals surface area (Å²) in [5.41, 5.74) is 4.28. The van der Waals surface area contributed by atoms with Crippen LogP contribution in [0.4, 0.5) is 0 Å². The summed E-state index contributed by atoms with van der Waals surface area (Å²) in [7, 11) is 0. The Labute approximate surface area is 135 Å². The lowest BCUT2D eigenvalue weighted by Crippen LogP contribution is -2.24. The third kappa shape index (κ3) is 1.98. The van der Waals surface area contributed by atoms with Gasteiger partial charge in [-0.05, 0) is 37.6 Å². The van der Waals surface area contributed by atoms with Crippen molar-refractivity contribution in [2.45, 2.75) is 26.4 Å². The summed E-state index contributed by atoms with van der Waals surface area (Å²) in [6.45, 7) is 6.15. The highest BCUT2D eigenvalue weighted by atomic mass is 16.6. The van der Waals surface area contributed by atoms with E-state index in [9.17, 15) is 4.79 Å². The summed E-state index contributed by atoms with van der Waals surface area (Å²) in [5, 5.41) is 2.31. The van der Waals surface area contributed by atoms with Crippen LogP contribution in [0.5, 0.6) is 0 Å². The Hall–Kier alpha value is -2.61. The van der Waals surface area contributed by atoms with E-state index >= 15 is 0 Å². The molecule has 0 amide bonds. The molecule has 114 valence electrons. The van der Waals surface area contributed by atoms with Gasteiger partial charge in [0, 0.05) is 11.1 Å². The topological polar surface area (TPSA) is 26.3 Å². The van der Waals surface area contributed by atoms with Gasteiger partial charge < -0.3 is 4.74 Å². The van der Waals surface area contributed by atoms with Crippen LogP contribution in [-0.4, -0.2) is 5.97 Å².